The summed E-state index contributed by atoms with van der Waals surface area (Å²) in [5.41, 5.74) is 2.91. The van der Waals surface area contributed by atoms with Gasteiger partial charge in [-0.25, -0.2) is 0 Å². The summed E-state index contributed by atoms with van der Waals surface area (Å²) >= 11 is 1.59. The summed E-state index contributed by atoms with van der Waals surface area (Å²) in [4.78, 5) is 13.2. The Bertz CT molecular complexity index is 518. The van der Waals surface area contributed by atoms with E-state index in [0.717, 1.165) is 25.7 Å². The summed E-state index contributed by atoms with van der Waals surface area (Å²) in [5.74, 6) is 0.466. The third-order valence-electron chi connectivity index (χ3n) is 4.52. The first kappa shape index (κ1) is 14.9. The van der Waals surface area contributed by atoms with E-state index in [-0.39, 0.29) is 18.1 Å². The topological polar surface area (TPSA) is 49.3 Å². The second-order valence-corrected chi connectivity index (χ2v) is 7.15. The van der Waals surface area contributed by atoms with Crippen molar-refractivity contribution in [3.63, 3.8) is 0 Å². The van der Waals surface area contributed by atoms with Crippen LogP contribution in [-0.2, 0) is 17.6 Å². The van der Waals surface area contributed by atoms with Crippen molar-refractivity contribution >= 4 is 17.7 Å². The van der Waals surface area contributed by atoms with Crippen LogP contribution in [0.25, 0.3) is 0 Å². The molecule has 4 heteroatoms. The Kier molecular flexibility index (Phi) is 4.86. The van der Waals surface area contributed by atoms with Crippen LogP contribution in [0.4, 0.5) is 0 Å². The van der Waals surface area contributed by atoms with Gasteiger partial charge in [-0.3, -0.25) is 4.79 Å². The van der Waals surface area contributed by atoms with E-state index < -0.39 is 0 Å². The quantitative estimate of drug-likeness (QED) is 0.841. The molecule has 1 aromatic carbocycles. The van der Waals surface area contributed by atoms with Crippen LogP contribution >= 0.6 is 11.8 Å². The fourth-order valence-electron chi connectivity index (χ4n) is 3.31. The molecule has 0 bridgehead atoms. The Morgan fingerprint density at radius 2 is 2.00 bits per heavy atom. The molecule has 114 valence electrons. The first-order valence-electron chi connectivity index (χ1n) is 7.94. The van der Waals surface area contributed by atoms with Crippen molar-refractivity contribution in [1.82, 2.24) is 5.32 Å². The Labute approximate surface area is 130 Å². The number of hydrogen-bond acceptors (Lipinski definition) is 3. The Morgan fingerprint density at radius 3 is 2.86 bits per heavy atom. The van der Waals surface area contributed by atoms with Crippen LogP contribution in [0.1, 0.15) is 43.2 Å². The lowest BCUT2D eigenvalue weighted by atomic mass is 9.93. The smallest absolute Gasteiger partial charge is 0.230 e. The summed E-state index contributed by atoms with van der Waals surface area (Å²) in [6.45, 7) is 0. The molecule has 1 saturated carbocycles. The molecule has 1 amide bonds. The molecular formula is C17H23NO2S. The van der Waals surface area contributed by atoms with Crippen LogP contribution in [-0.4, -0.2) is 28.9 Å². The van der Waals surface area contributed by atoms with Crippen molar-refractivity contribution in [2.24, 2.45) is 0 Å². The predicted octanol–water partition coefficient (Wildman–Crippen LogP) is 2.69. The molecule has 3 nitrogen and oxygen atoms in total. The molecule has 1 fully saturated rings. The average molecular weight is 305 g/mol. The Morgan fingerprint density at radius 1 is 1.19 bits per heavy atom. The summed E-state index contributed by atoms with van der Waals surface area (Å²) in [5, 5.41) is 12.9. The second-order valence-electron chi connectivity index (χ2n) is 6.10. The number of thioether (sulfide) groups is 1. The van der Waals surface area contributed by atoms with Gasteiger partial charge in [0, 0.05) is 4.90 Å². The molecule has 2 aliphatic carbocycles. The van der Waals surface area contributed by atoms with Gasteiger partial charge < -0.3 is 10.4 Å². The number of aliphatic hydroxyl groups is 1. The first-order valence-corrected chi connectivity index (χ1v) is 8.93. The van der Waals surface area contributed by atoms with Crippen molar-refractivity contribution in [2.45, 2.75) is 62.0 Å². The van der Waals surface area contributed by atoms with Gasteiger partial charge in [-0.05, 0) is 55.4 Å². The zero-order chi connectivity index (χ0) is 14.7. The van der Waals surface area contributed by atoms with E-state index in [1.165, 1.54) is 35.3 Å². The van der Waals surface area contributed by atoms with Crippen molar-refractivity contribution in [3.8, 4) is 0 Å². The lowest BCUT2D eigenvalue weighted by molar-refractivity contribution is -0.120. The highest BCUT2D eigenvalue weighted by molar-refractivity contribution is 8.00. The van der Waals surface area contributed by atoms with Crippen molar-refractivity contribution in [3.05, 3.63) is 29.3 Å². The third kappa shape index (κ3) is 3.80. The minimum Gasteiger partial charge on any atom is -0.391 e. The molecule has 0 saturated heterocycles. The number of aliphatic hydroxyl groups excluding tert-OH is 1. The molecule has 0 unspecified atom stereocenters. The van der Waals surface area contributed by atoms with Crippen LogP contribution in [0.3, 0.4) is 0 Å². The molecule has 0 heterocycles. The lowest BCUT2D eigenvalue weighted by Gasteiger charge is -2.28. The zero-order valence-corrected chi connectivity index (χ0v) is 13.1. The normalized spacial score (nSPS) is 24.6. The molecule has 0 aromatic heterocycles. The van der Waals surface area contributed by atoms with Gasteiger partial charge in [-0.1, -0.05) is 18.9 Å². The van der Waals surface area contributed by atoms with Gasteiger partial charge in [0.1, 0.15) is 0 Å². The Balaban J connectivity index is 1.49. The zero-order valence-electron chi connectivity index (χ0n) is 12.3. The maximum Gasteiger partial charge on any atom is 0.230 e. The molecule has 0 spiro atoms. The van der Waals surface area contributed by atoms with Crippen molar-refractivity contribution in [1.29, 1.82) is 0 Å². The minimum absolute atomic E-state index is 0.0337. The molecule has 1 aromatic rings. The fourth-order valence-corrected chi connectivity index (χ4v) is 4.09. The number of fused-ring (bicyclic) bond motifs is 1. The van der Waals surface area contributed by atoms with E-state index in [9.17, 15) is 9.90 Å². The van der Waals surface area contributed by atoms with E-state index in [1.807, 2.05) is 0 Å². The Hall–Kier alpha value is -1.00. The van der Waals surface area contributed by atoms with Crippen LogP contribution in [0.2, 0.25) is 0 Å². The SMILES string of the molecule is O=C(CSc1ccc2c(c1)CCC2)N[C@@H]1CCCC[C@H]1O. The van der Waals surface area contributed by atoms with Crippen LogP contribution in [0.5, 0.6) is 0 Å². The number of rotatable bonds is 4. The third-order valence-corrected chi connectivity index (χ3v) is 5.51. The van der Waals surface area contributed by atoms with E-state index in [4.69, 9.17) is 0 Å². The van der Waals surface area contributed by atoms with Crippen LogP contribution in [0.15, 0.2) is 23.1 Å². The minimum atomic E-state index is -0.368. The largest absolute Gasteiger partial charge is 0.391 e. The van der Waals surface area contributed by atoms with Gasteiger partial charge in [0.15, 0.2) is 0 Å². The molecular weight excluding hydrogens is 282 g/mol. The maximum atomic E-state index is 12.0. The standard InChI is InChI=1S/C17H23NO2S/c19-16-7-2-1-6-15(16)18-17(20)11-21-14-9-8-12-4-3-5-13(12)10-14/h8-10,15-16,19H,1-7,11H2,(H,18,20)/t15-,16-/m1/s1. The molecule has 3 rings (SSSR count). The van der Waals surface area contributed by atoms with E-state index in [1.54, 1.807) is 11.8 Å². The van der Waals surface area contributed by atoms with Crippen molar-refractivity contribution < 1.29 is 9.90 Å². The van der Waals surface area contributed by atoms with E-state index >= 15 is 0 Å². The number of amides is 1. The van der Waals surface area contributed by atoms with Gasteiger partial charge in [-0.15, -0.1) is 11.8 Å². The number of aryl methyl sites for hydroxylation is 2. The summed E-state index contributed by atoms with van der Waals surface area (Å²) in [6, 6.07) is 6.51. The fraction of sp³-hybridized carbons (Fsp3) is 0.588. The monoisotopic (exact) mass is 305 g/mol. The molecule has 2 N–H and O–H groups in total. The van der Waals surface area contributed by atoms with Gasteiger partial charge >= 0.3 is 0 Å². The average Bonchev–Trinajstić information content (AvgIpc) is 2.95. The number of benzene rings is 1. The highest BCUT2D eigenvalue weighted by Gasteiger charge is 2.24. The van der Waals surface area contributed by atoms with Gasteiger partial charge in [0.2, 0.25) is 5.91 Å². The van der Waals surface area contributed by atoms with Crippen LogP contribution in [0, 0.1) is 0 Å². The predicted molar refractivity (Wildman–Crippen MR) is 85.6 cm³/mol. The van der Waals surface area contributed by atoms with E-state index in [2.05, 4.69) is 23.5 Å². The molecule has 2 atom stereocenters. The number of nitrogens with one attached hydrogen (secondary N) is 1. The lowest BCUT2D eigenvalue weighted by Crippen LogP contribution is -2.45. The van der Waals surface area contributed by atoms with Crippen LogP contribution < -0.4 is 5.32 Å². The van der Waals surface area contributed by atoms with Gasteiger partial charge in [0.25, 0.3) is 0 Å². The highest BCUT2D eigenvalue weighted by Crippen LogP contribution is 2.27. The summed E-state index contributed by atoms with van der Waals surface area (Å²) in [6.07, 6.45) is 7.12. The number of carbonyl (C=O) groups is 1. The molecule has 0 radical (unpaired) electrons. The van der Waals surface area contributed by atoms with Gasteiger partial charge in [-0.2, -0.15) is 0 Å². The first-order chi connectivity index (χ1) is 10.2. The maximum absolute atomic E-state index is 12.0. The number of hydrogen-bond donors (Lipinski definition) is 2. The van der Waals surface area contributed by atoms with Crippen molar-refractivity contribution in [2.75, 3.05) is 5.75 Å². The highest BCUT2D eigenvalue weighted by atomic mass is 32.2. The summed E-state index contributed by atoms with van der Waals surface area (Å²) < 4.78 is 0. The molecule has 0 aliphatic heterocycles. The molecule has 2 aliphatic rings. The summed E-state index contributed by atoms with van der Waals surface area (Å²) in [7, 11) is 0. The van der Waals surface area contributed by atoms with E-state index in [0.29, 0.717) is 5.75 Å². The second kappa shape index (κ2) is 6.84. The molecule has 21 heavy (non-hydrogen) atoms. The number of carbonyl (C=O) groups excluding carboxylic acids is 1. The van der Waals surface area contributed by atoms with Gasteiger partial charge in [0.05, 0.1) is 17.9 Å².